The maximum Gasteiger partial charge on any atom is 0.307 e. The van der Waals surface area contributed by atoms with Gasteiger partial charge in [0.2, 0.25) is 0 Å². The lowest BCUT2D eigenvalue weighted by atomic mass is 9.94. The highest BCUT2D eigenvalue weighted by atomic mass is 35.5. The van der Waals surface area contributed by atoms with E-state index in [1.807, 2.05) is 18.2 Å². The molecule has 4 nitrogen and oxygen atoms in total. The second kappa shape index (κ2) is 4.96. The standard InChI is InChI=1S/C15H14ClNO3/c16-10-2-3-11-8(5-10)1-4-13(18)14(11)12-6-9(7-17-12)15(19)20/h1-5,9,12,17-18H,6-7H2,(H,19,20). The van der Waals surface area contributed by atoms with Crippen LogP contribution in [0, 0.1) is 5.92 Å². The van der Waals surface area contributed by atoms with Gasteiger partial charge in [0.1, 0.15) is 5.75 Å². The van der Waals surface area contributed by atoms with Crippen LogP contribution in [0.2, 0.25) is 5.02 Å². The average Bonchev–Trinajstić information content (AvgIpc) is 2.88. The van der Waals surface area contributed by atoms with Gasteiger partial charge in [-0.2, -0.15) is 0 Å². The molecule has 1 heterocycles. The van der Waals surface area contributed by atoms with Crippen molar-refractivity contribution in [2.45, 2.75) is 12.5 Å². The molecule has 0 amide bonds. The summed E-state index contributed by atoms with van der Waals surface area (Å²) < 4.78 is 0. The van der Waals surface area contributed by atoms with Gasteiger partial charge in [0, 0.05) is 23.2 Å². The van der Waals surface area contributed by atoms with Crippen molar-refractivity contribution in [2.24, 2.45) is 5.92 Å². The molecule has 2 atom stereocenters. The van der Waals surface area contributed by atoms with Crippen LogP contribution in [0.25, 0.3) is 10.8 Å². The first-order valence-corrected chi connectivity index (χ1v) is 6.81. The fraction of sp³-hybridized carbons (Fsp3) is 0.267. The number of hydrogen-bond acceptors (Lipinski definition) is 3. The molecule has 104 valence electrons. The van der Waals surface area contributed by atoms with Crippen LogP contribution in [0.1, 0.15) is 18.0 Å². The smallest absolute Gasteiger partial charge is 0.307 e. The predicted octanol–water partition coefficient (Wildman–Crippen LogP) is 2.93. The van der Waals surface area contributed by atoms with E-state index in [1.165, 1.54) is 0 Å². The summed E-state index contributed by atoms with van der Waals surface area (Å²) in [6, 6.07) is 8.76. The third-order valence-corrected chi connectivity index (χ3v) is 4.06. The van der Waals surface area contributed by atoms with Crippen molar-refractivity contribution in [3.05, 3.63) is 40.9 Å². The number of phenolic OH excluding ortho intramolecular Hbond substituents is 1. The lowest BCUT2D eigenvalue weighted by molar-refractivity contribution is -0.141. The minimum atomic E-state index is -0.803. The fourth-order valence-corrected chi connectivity index (χ4v) is 3.00. The minimum absolute atomic E-state index is 0.152. The molecule has 1 aliphatic heterocycles. The third kappa shape index (κ3) is 2.21. The zero-order chi connectivity index (χ0) is 14.3. The van der Waals surface area contributed by atoms with Crippen LogP contribution < -0.4 is 5.32 Å². The number of aliphatic carboxylic acids is 1. The Hall–Kier alpha value is -1.78. The molecule has 20 heavy (non-hydrogen) atoms. The number of phenols is 1. The van der Waals surface area contributed by atoms with Crippen LogP contribution in [0.5, 0.6) is 5.75 Å². The third-order valence-electron chi connectivity index (χ3n) is 3.83. The summed E-state index contributed by atoms with van der Waals surface area (Å²) in [7, 11) is 0. The van der Waals surface area contributed by atoms with Gasteiger partial charge in [-0.05, 0) is 35.4 Å². The van der Waals surface area contributed by atoms with Gasteiger partial charge in [0.05, 0.1) is 5.92 Å². The number of carboxylic acids is 1. The van der Waals surface area contributed by atoms with E-state index in [2.05, 4.69) is 5.32 Å². The molecule has 0 aliphatic carbocycles. The molecule has 1 fully saturated rings. The van der Waals surface area contributed by atoms with E-state index in [9.17, 15) is 9.90 Å². The van der Waals surface area contributed by atoms with Gasteiger partial charge in [-0.3, -0.25) is 4.79 Å². The second-order valence-corrected chi connectivity index (χ2v) is 5.53. The highest BCUT2D eigenvalue weighted by Crippen LogP contribution is 2.38. The van der Waals surface area contributed by atoms with Crippen molar-refractivity contribution in [1.29, 1.82) is 0 Å². The van der Waals surface area contributed by atoms with E-state index in [0.29, 0.717) is 18.0 Å². The van der Waals surface area contributed by atoms with Gasteiger partial charge in [-0.15, -0.1) is 0 Å². The highest BCUT2D eigenvalue weighted by molar-refractivity contribution is 6.31. The maximum atomic E-state index is 11.1. The number of benzene rings is 2. The fourth-order valence-electron chi connectivity index (χ4n) is 2.82. The van der Waals surface area contributed by atoms with Crippen molar-refractivity contribution >= 4 is 28.3 Å². The van der Waals surface area contributed by atoms with E-state index in [-0.39, 0.29) is 11.8 Å². The number of rotatable bonds is 2. The maximum absolute atomic E-state index is 11.1. The molecule has 1 aliphatic rings. The number of halogens is 1. The molecule has 0 bridgehead atoms. The normalized spacial score (nSPS) is 22.2. The van der Waals surface area contributed by atoms with E-state index >= 15 is 0 Å². The molecule has 0 saturated carbocycles. The van der Waals surface area contributed by atoms with Gasteiger partial charge in [-0.25, -0.2) is 0 Å². The van der Waals surface area contributed by atoms with E-state index in [0.717, 1.165) is 16.3 Å². The summed E-state index contributed by atoms with van der Waals surface area (Å²) in [5.74, 6) is -1.03. The molecule has 5 heteroatoms. The van der Waals surface area contributed by atoms with Crippen molar-refractivity contribution in [3.8, 4) is 5.75 Å². The SMILES string of the molecule is O=C(O)C1CNC(c2c(O)ccc3cc(Cl)ccc23)C1. The Morgan fingerprint density at radius 2 is 2.10 bits per heavy atom. The monoisotopic (exact) mass is 291 g/mol. The Balaban J connectivity index is 2.07. The van der Waals surface area contributed by atoms with Crippen LogP contribution >= 0.6 is 11.6 Å². The van der Waals surface area contributed by atoms with E-state index in [1.54, 1.807) is 12.1 Å². The zero-order valence-electron chi connectivity index (χ0n) is 10.6. The highest BCUT2D eigenvalue weighted by Gasteiger charge is 2.32. The molecule has 1 saturated heterocycles. The number of hydrogen-bond donors (Lipinski definition) is 3. The van der Waals surface area contributed by atoms with E-state index in [4.69, 9.17) is 16.7 Å². The molecule has 3 rings (SSSR count). The second-order valence-electron chi connectivity index (χ2n) is 5.10. The molecule has 0 spiro atoms. The summed E-state index contributed by atoms with van der Waals surface area (Å²) in [5, 5.41) is 24.9. The summed E-state index contributed by atoms with van der Waals surface area (Å²) in [5.41, 5.74) is 0.753. The lowest BCUT2D eigenvalue weighted by Crippen LogP contribution is -2.17. The molecular formula is C15H14ClNO3. The van der Waals surface area contributed by atoms with Crippen LogP contribution in [0.15, 0.2) is 30.3 Å². The van der Waals surface area contributed by atoms with Crippen LogP contribution in [0.4, 0.5) is 0 Å². The molecule has 2 aromatic carbocycles. The number of fused-ring (bicyclic) bond motifs is 1. The minimum Gasteiger partial charge on any atom is -0.508 e. The first-order valence-electron chi connectivity index (χ1n) is 6.43. The van der Waals surface area contributed by atoms with Crippen LogP contribution in [-0.4, -0.2) is 22.7 Å². The number of nitrogens with one attached hydrogen (secondary N) is 1. The quantitative estimate of drug-likeness (QED) is 0.796. The summed E-state index contributed by atoms with van der Waals surface area (Å²) in [6.45, 7) is 0.420. The first-order chi connectivity index (χ1) is 9.56. The largest absolute Gasteiger partial charge is 0.508 e. The first kappa shape index (κ1) is 13.2. The Bertz CT molecular complexity index is 686. The van der Waals surface area contributed by atoms with Gasteiger partial charge in [0.15, 0.2) is 0 Å². The topological polar surface area (TPSA) is 69.6 Å². The lowest BCUT2D eigenvalue weighted by Gasteiger charge is -2.16. The molecule has 0 radical (unpaired) electrons. The van der Waals surface area contributed by atoms with Gasteiger partial charge >= 0.3 is 5.97 Å². The molecule has 2 unspecified atom stereocenters. The Morgan fingerprint density at radius 1 is 1.30 bits per heavy atom. The number of aromatic hydroxyl groups is 1. The summed E-state index contributed by atoms with van der Waals surface area (Å²) in [4.78, 5) is 11.1. The predicted molar refractivity (Wildman–Crippen MR) is 77.1 cm³/mol. The Labute approximate surface area is 121 Å². The van der Waals surface area contributed by atoms with Gasteiger partial charge < -0.3 is 15.5 Å². The number of carboxylic acid groups (broad SMARTS) is 1. The van der Waals surface area contributed by atoms with Crippen LogP contribution in [0.3, 0.4) is 0 Å². The van der Waals surface area contributed by atoms with Crippen molar-refractivity contribution in [2.75, 3.05) is 6.54 Å². The molecular weight excluding hydrogens is 278 g/mol. The van der Waals surface area contributed by atoms with Crippen molar-refractivity contribution < 1.29 is 15.0 Å². The summed E-state index contributed by atoms with van der Waals surface area (Å²) >= 11 is 5.98. The Kier molecular flexibility index (Phi) is 3.28. The zero-order valence-corrected chi connectivity index (χ0v) is 11.4. The van der Waals surface area contributed by atoms with Gasteiger partial charge in [-0.1, -0.05) is 23.7 Å². The Morgan fingerprint density at radius 3 is 2.80 bits per heavy atom. The number of carbonyl (C=O) groups is 1. The molecule has 3 N–H and O–H groups in total. The summed E-state index contributed by atoms with van der Waals surface area (Å²) in [6.07, 6.45) is 0.477. The van der Waals surface area contributed by atoms with Crippen molar-refractivity contribution in [1.82, 2.24) is 5.32 Å². The van der Waals surface area contributed by atoms with Gasteiger partial charge in [0.25, 0.3) is 0 Å². The molecule has 2 aromatic rings. The molecule has 0 aromatic heterocycles. The van der Waals surface area contributed by atoms with E-state index < -0.39 is 11.9 Å². The van der Waals surface area contributed by atoms with Crippen molar-refractivity contribution in [3.63, 3.8) is 0 Å². The average molecular weight is 292 g/mol. The van der Waals surface area contributed by atoms with Crippen LogP contribution in [-0.2, 0) is 4.79 Å².